The number of alkyl halides is 2. The molecule has 2 N–H and O–H groups in total. The summed E-state index contributed by atoms with van der Waals surface area (Å²) in [7, 11) is 0. The van der Waals surface area contributed by atoms with E-state index < -0.39 is 5.76 Å². The molecule has 1 aromatic carbocycles. The number of carbonyl (C=O) groups excluding carboxylic acids is 1. The first-order valence-corrected chi connectivity index (χ1v) is 6.85. The molecule has 0 aliphatic carbocycles. The molecule has 0 saturated carbocycles. The maximum atomic E-state index is 12.4. The molecular formula is C13H17F2NO2S. The van der Waals surface area contributed by atoms with Gasteiger partial charge in [-0.1, -0.05) is 30.8 Å². The second-order valence-corrected chi connectivity index (χ2v) is 5.23. The van der Waals surface area contributed by atoms with Gasteiger partial charge in [-0.05, 0) is 24.5 Å². The zero-order valence-corrected chi connectivity index (χ0v) is 11.4. The zero-order valence-electron chi connectivity index (χ0n) is 10.6. The first-order valence-electron chi connectivity index (χ1n) is 5.97. The second kappa shape index (κ2) is 8.12. The van der Waals surface area contributed by atoms with Crippen LogP contribution in [-0.2, 0) is 0 Å². The summed E-state index contributed by atoms with van der Waals surface area (Å²) in [6.07, 6.45) is 0.591. The van der Waals surface area contributed by atoms with Gasteiger partial charge in [0.25, 0.3) is 11.7 Å². The number of nitrogens with one attached hydrogen (secondary N) is 1. The minimum atomic E-state index is -2.55. The number of amides is 1. The molecule has 1 aromatic rings. The van der Waals surface area contributed by atoms with Crippen LogP contribution in [-0.4, -0.2) is 29.9 Å². The highest BCUT2D eigenvalue weighted by Gasteiger charge is 2.15. The van der Waals surface area contributed by atoms with Crippen molar-refractivity contribution in [2.24, 2.45) is 5.92 Å². The Labute approximate surface area is 115 Å². The van der Waals surface area contributed by atoms with E-state index in [0.717, 1.165) is 0 Å². The van der Waals surface area contributed by atoms with Crippen LogP contribution in [0.15, 0.2) is 29.2 Å². The molecule has 0 saturated heterocycles. The van der Waals surface area contributed by atoms with E-state index in [9.17, 15) is 13.6 Å². The molecule has 0 aliphatic rings. The van der Waals surface area contributed by atoms with Gasteiger partial charge >= 0.3 is 0 Å². The third-order valence-corrected chi connectivity index (χ3v) is 3.37. The zero-order chi connectivity index (χ0) is 14.3. The second-order valence-electron chi connectivity index (χ2n) is 4.20. The van der Waals surface area contributed by atoms with Crippen LogP contribution in [0.3, 0.4) is 0 Å². The van der Waals surface area contributed by atoms with Crippen LogP contribution >= 0.6 is 11.8 Å². The van der Waals surface area contributed by atoms with Crippen molar-refractivity contribution in [3.05, 3.63) is 29.8 Å². The van der Waals surface area contributed by atoms with Crippen LogP contribution in [0.4, 0.5) is 8.78 Å². The number of aliphatic hydroxyl groups excluding tert-OH is 1. The predicted molar refractivity (Wildman–Crippen MR) is 71.5 cm³/mol. The lowest BCUT2D eigenvalue weighted by Gasteiger charge is -2.13. The van der Waals surface area contributed by atoms with E-state index in [4.69, 9.17) is 5.11 Å². The molecule has 6 heteroatoms. The van der Waals surface area contributed by atoms with Crippen LogP contribution in [0.1, 0.15) is 23.7 Å². The summed E-state index contributed by atoms with van der Waals surface area (Å²) in [5.74, 6) is -2.78. The molecule has 106 valence electrons. The summed E-state index contributed by atoms with van der Waals surface area (Å²) in [5.41, 5.74) is 0.254. The van der Waals surface area contributed by atoms with E-state index in [1.54, 1.807) is 12.1 Å². The van der Waals surface area contributed by atoms with Crippen LogP contribution in [0.2, 0.25) is 0 Å². The Hall–Kier alpha value is -1.14. The van der Waals surface area contributed by atoms with Crippen molar-refractivity contribution in [3.8, 4) is 0 Å². The Kier molecular flexibility index (Phi) is 6.80. The molecule has 0 heterocycles. The van der Waals surface area contributed by atoms with Crippen molar-refractivity contribution in [3.63, 3.8) is 0 Å². The number of carbonyl (C=O) groups is 1. The standard InChI is InChI=1S/C13H17F2NO2S/c1-9(6-7-17)8-16-12(18)10-4-2-3-5-11(10)19-13(14)15/h2-5,9,13,17H,6-8H2,1H3,(H,16,18). The molecule has 0 radical (unpaired) electrons. The molecule has 0 aliphatic heterocycles. The minimum Gasteiger partial charge on any atom is -0.396 e. The maximum absolute atomic E-state index is 12.4. The lowest BCUT2D eigenvalue weighted by molar-refractivity contribution is 0.0942. The van der Waals surface area contributed by atoms with E-state index in [2.05, 4.69) is 5.32 Å². The summed E-state index contributed by atoms with van der Waals surface area (Å²) in [5, 5.41) is 11.5. The minimum absolute atomic E-state index is 0.0643. The average Bonchev–Trinajstić information content (AvgIpc) is 2.36. The normalized spacial score (nSPS) is 12.5. The summed E-state index contributed by atoms with van der Waals surface area (Å²) in [4.78, 5) is 12.2. The largest absolute Gasteiger partial charge is 0.396 e. The van der Waals surface area contributed by atoms with Crippen molar-refractivity contribution in [2.75, 3.05) is 13.2 Å². The van der Waals surface area contributed by atoms with Crippen LogP contribution in [0.5, 0.6) is 0 Å². The Morgan fingerprint density at radius 1 is 1.42 bits per heavy atom. The predicted octanol–water partition coefficient (Wildman–Crippen LogP) is 2.75. The average molecular weight is 289 g/mol. The Balaban J connectivity index is 2.66. The van der Waals surface area contributed by atoms with E-state index in [1.807, 2.05) is 6.92 Å². The Morgan fingerprint density at radius 3 is 2.74 bits per heavy atom. The molecule has 1 amide bonds. The molecule has 3 nitrogen and oxygen atoms in total. The first kappa shape index (κ1) is 15.9. The number of aliphatic hydroxyl groups is 1. The third kappa shape index (κ3) is 5.57. The SMILES string of the molecule is CC(CCO)CNC(=O)c1ccccc1SC(F)F. The molecule has 0 aromatic heterocycles. The quantitative estimate of drug-likeness (QED) is 0.759. The molecule has 0 fully saturated rings. The molecule has 0 spiro atoms. The van der Waals surface area contributed by atoms with Gasteiger partial charge in [0.15, 0.2) is 0 Å². The van der Waals surface area contributed by atoms with Gasteiger partial charge in [-0.15, -0.1) is 0 Å². The van der Waals surface area contributed by atoms with Gasteiger partial charge in [-0.25, -0.2) is 0 Å². The lowest BCUT2D eigenvalue weighted by Crippen LogP contribution is -2.29. The van der Waals surface area contributed by atoms with Gasteiger partial charge in [-0.2, -0.15) is 8.78 Å². The van der Waals surface area contributed by atoms with Gasteiger partial charge in [0.1, 0.15) is 0 Å². The number of halogens is 2. The lowest BCUT2D eigenvalue weighted by atomic mass is 10.1. The summed E-state index contributed by atoms with van der Waals surface area (Å²) in [6, 6.07) is 6.29. The number of hydrogen-bond acceptors (Lipinski definition) is 3. The van der Waals surface area contributed by atoms with Crippen LogP contribution in [0, 0.1) is 5.92 Å². The van der Waals surface area contributed by atoms with Gasteiger partial charge in [-0.3, -0.25) is 4.79 Å². The van der Waals surface area contributed by atoms with Gasteiger partial charge in [0.2, 0.25) is 0 Å². The highest BCUT2D eigenvalue weighted by Crippen LogP contribution is 2.28. The fourth-order valence-electron chi connectivity index (χ4n) is 1.54. The maximum Gasteiger partial charge on any atom is 0.288 e. The molecule has 0 bridgehead atoms. The van der Waals surface area contributed by atoms with Crippen molar-refractivity contribution < 1.29 is 18.7 Å². The van der Waals surface area contributed by atoms with E-state index in [-0.39, 0.29) is 28.9 Å². The summed E-state index contributed by atoms with van der Waals surface area (Å²) in [6.45, 7) is 2.37. The fourth-order valence-corrected chi connectivity index (χ4v) is 2.17. The molecule has 1 rings (SSSR count). The highest BCUT2D eigenvalue weighted by atomic mass is 32.2. The number of hydrogen-bond donors (Lipinski definition) is 2. The van der Waals surface area contributed by atoms with Gasteiger partial charge in [0.05, 0.1) is 5.56 Å². The fraction of sp³-hybridized carbons (Fsp3) is 0.462. The highest BCUT2D eigenvalue weighted by molar-refractivity contribution is 7.99. The Morgan fingerprint density at radius 2 is 2.11 bits per heavy atom. The van der Waals surface area contributed by atoms with Crippen molar-refractivity contribution in [1.82, 2.24) is 5.32 Å². The van der Waals surface area contributed by atoms with Crippen LogP contribution in [0.25, 0.3) is 0 Å². The number of benzene rings is 1. The third-order valence-electron chi connectivity index (χ3n) is 2.58. The van der Waals surface area contributed by atoms with Crippen molar-refractivity contribution in [2.45, 2.75) is 24.0 Å². The van der Waals surface area contributed by atoms with E-state index >= 15 is 0 Å². The van der Waals surface area contributed by atoms with Crippen molar-refractivity contribution in [1.29, 1.82) is 0 Å². The summed E-state index contributed by atoms with van der Waals surface area (Å²) >= 11 is 0.364. The molecule has 1 unspecified atom stereocenters. The number of rotatable bonds is 7. The van der Waals surface area contributed by atoms with Crippen molar-refractivity contribution >= 4 is 17.7 Å². The van der Waals surface area contributed by atoms with E-state index in [0.29, 0.717) is 24.7 Å². The first-order chi connectivity index (χ1) is 9.04. The number of thioether (sulfide) groups is 1. The molecule has 19 heavy (non-hydrogen) atoms. The Bertz CT molecular complexity index is 415. The topological polar surface area (TPSA) is 49.3 Å². The smallest absolute Gasteiger partial charge is 0.288 e. The van der Waals surface area contributed by atoms with Crippen LogP contribution < -0.4 is 5.32 Å². The summed E-state index contributed by atoms with van der Waals surface area (Å²) < 4.78 is 24.8. The molecule has 1 atom stereocenters. The molecular weight excluding hydrogens is 272 g/mol. The van der Waals surface area contributed by atoms with E-state index in [1.165, 1.54) is 12.1 Å². The van der Waals surface area contributed by atoms with Gasteiger partial charge < -0.3 is 10.4 Å². The van der Waals surface area contributed by atoms with Gasteiger partial charge in [0, 0.05) is 18.0 Å². The monoisotopic (exact) mass is 289 g/mol.